The van der Waals surface area contributed by atoms with Gasteiger partial charge in [-0.05, 0) is 66.9 Å². The highest BCUT2D eigenvalue weighted by molar-refractivity contribution is 6.48. The molecule has 2 fully saturated rings. The van der Waals surface area contributed by atoms with Crippen LogP contribution in [0, 0.1) is 0 Å². The van der Waals surface area contributed by atoms with E-state index in [9.17, 15) is 14.4 Å². The molecular weight excluding hydrogens is 501 g/mol. The summed E-state index contributed by atoms with van der Waals surface area (Å²) in [5.41, 5.74) is -0.832. The average Bonchev–Trinajstić information content (AvgIpc) is 3.07. The van der Waals surface area contributed by atoms with E-state index in [1.807, 2.05) is 58.0 Å². The number of hydrogen-bond donors (Lipinski definition) is 2. The lowest BCUT2D eigenvalue weighted by Gasteiger charge is -2.32. The van der Waals surface area contributed by atoms with Crippen molar-refractivity contribution in [2.24, 2.45) is 0 Å². The van der Waals surface area contributed by atoms with Crippen molar-refractivity contribution in [1.82, 2.24) is 15.5 Å². The quantitative estimate of drug-likeness (QED) is 0.459. The molecule has 2 aliphatic heterocycles. The van der Waals surface area contributed by atoms with Gasteiger partial charge in [0.15, 0.2) is 0 Å². The van der Waals surface area contributed by atoms with Crippen molar-refractivity contribution in [1.29, 1.82) is 0 Å². The van der Waals surface area contributed by atoms with E-state index in [4.69, 9.17) is 18.8 Å². The molecule has 2 saturated heterocycles. The Balaban J connectivity index is 1.79. The van der Waals surface area contributed by atoms with Crippen LogP contribution in [0.15, 0.2) is 30.3 Å². The highest BCUT2D eigenvalue weighted by Gasteiger charge is 2.54. The van der Waals surface area contributed by atoms with Crippen LogP contribution in [0.4, 0.5) is 4.79 Å². The molecule has 39 heavy (non-hydrogen) atoms. The summed E-state index contributed by atoms with van der Waals surface area (Å²) < 4.78 is 23.3. The topological polar surface area (TPSA) is 115 Å². The number of hydrogen-bond acceptors (Lipinski definition) is 7. The highest BCUT2D eigenvalue weighted by Crippen LogP contribution is 2.38. The van der Waals surface area contributed by atoms with Gasteiger partial charge >= 0.3 is 13.2 Å². The number of amides is 3. The van der Waals surface area contributed by atoms with E-state index in [1.54, 1.807) is 25.7 Å². The predicted octanol–water partition coefficient (Wildman–Crippen LogP) is 2.88. The number of rotatable bonds is 9. The van der Waals surface area contributed by atoms with Gasteiger partial charge in [-0.2, -0.15) is 0 Å². The summed E-state index contributed by atoms with van der Waals surface area (Å²) >= 11 is 0. The molecule has 3 amide bonds. The first kappa shape index (κ1) is 30.9. The zero-order valence-corrected chi connectivity index (χ0v) is 24.4. The van der Waals surface area contributed by atoms with Gasteiger partial charge in [-0.15, -0.1) is 0 Å². The second-order valence-corrected chi connectivity index (χ2v) is 12.2. The molecular formula is C28H44BN3O7. The summed E-state index contributed by atoms with van der Waals surface area (Å²) in [6, 6.07) is 8.80. The minimum Gasteiger partial charge on any atom is -0.444 e. The van der Waals surface area contributed by atoms with E-state index in [0.29, 0.717) is 39.1 Å². The zero-order chi connectivity index (χ0) is 28.8. The average molecular weight is 545 g/mol. The Morgan fingerprint density at radius 3 is 2.15 bits per heavy atom. The number of alkyl carbamates (subject to hydrolysis) is 1. The Bertz CT molecular complexity index is 975. The highest BCUT2D eigenvalue weighted by atomic mass is 16.7. The van der Waals surface area contributed by atoms with E-state index >= 15 is 0 Å². The first-order valence-corrected chi connectivity index (χ1v) is 13.7. The van der Waals surface area contributed by atoms with E-state index < -0.39 is 47.9 Å². The van der Waals surface area contributed by atoms with Crippen molar-refractivity contribution in [3.05, 3.63) is 35.9 Å². The fourth-order valence-corrected chi connectivity index (χ4v) is 4.35. The second kappa shape index (κ2) is 12.7. The lowest BCUT2D eigenvalue weighted by Crippen LogP contribution is -2.56. The third-order valence-electron chi connectivity index (χ3n) is 7.26. The van der Waals surface area contributed by atoms with Crippen LogP contribution in [-0.4, -0.2) is 85.0 Å². The fourth-order valence-electron chi connectivity index (χ4n) is 4.35. The number of benzene rings is 1. The molecule has 2 N–H and O–H groups in total. The molecule has 10 nitrogen and oxygen atoms in total. The van der Waals surface area contributed by atoms with Crippen molar-refractivity contribution in [2.45, 2.75) is 96.5 Å². The van der Waals surface area contributed by atoms with E-state index in [2.05, 4.69) is 10.6 Å². The predicted molar refractivity (Wildman–Crippen MR) is 148 cm³/mol. The summed E-state index contributed by atoms with van der Waals surface area (Å²) in [7, 11) is -0.709. The van der Waals surface area contributed by atoms with Gasteiger partial charge < -0.3 is 34.3 Å². The van der Waals surface area contributed by atoms with Gasteiger partial charge in [0.05, 0.1) is 36.8 Å². The maximum absolute atomic E-state index is 13.7. The Morgan fingerprint density at radius 2 is 1.59 bits per heavy atom. The second-order valence-electron chi connectivity index (χ2n) is 12.2. The van der Waals surface area contributed by atoms with Crippen LogP contribution < -0.4 is 10.6 Å². The van der Waals surface area contributed by atoms with Crippen LogP contribution in [0.2, 0.25) is 0 Å². The SMILES string of the molecule is CC(C)(C)OC(=O)N[C@H](CC(=O)N1CCOCC1)C(=O)N[C@@H](CCc1ccccc1)B1OC(C)(C)C(C)(C)O1. The number of aryl methyl sites for hydroxylation is 1. The zero-order valence-electron chi connectivity index (χ0n) is 24.4. The largest absolute Gasteiger partial charge is 0.481 e. The van der Waals surface area contributed by atoms with Crippen molar-refractivity contribution in [3.63, 3.8) is 0 Å². The molecule has 2 atom stereocenters. The van der Waals surface area contributed by atoms with Gasteiger partial charge in [-0.25, -0.2) is 4.79 Å². The Morgan fingerprint density at radius 1 is 1.00 bits per heavy atom. The number of morpholine rings is 1. The Kier molecular flexibility index (Phi) is 10.1. The lowest BCUT2D eigenvalue weighted by molar-refractivity contribution is -0.138. The molecule has 0 spiro atoms. The van der Waals surface area contributed by atoms with Gasteiger partial charge in [0, 0.05) is 13.1 Å². The van der Waals surface area contributed by atoms with Crippen molar-refractivity contribution in [2.75, 3.05) is 26.3 Å². The molecule has 11 heteroatoms. The molecule has 0 aromatic heterocycles. The minimum absolute atomic E-state index is 0.208. The first-order valence-electron chi connectivity index (χ1n) is 13.7. The summed E-state index contributed by atoms with van der Waals surface area (Å²) in [6.45, 7) is 14.8. The maximum Gasteiger partial charge on any atom is 0.481 e. The van der Waals surface area contributed by atoms with Gasteiger partial charge in [-0.1, -0.05) is 30.3 Å². The number of carbonyl (C=O) groups excluding carboxylic acids is 3. The third kappa shape index (κ3) is 8.94. The maximum atomic E-state index is 13.7. The van der Waals surface area contributed by atoms with Crippen LogP contribution >= 0.6 is 0 Å². The van der Waals surface area contributed by atoms with Gasteiger partial charge in [-0.3, -0.25) is 9.59 Å². The fraction of sp³-hybridized carbons (Fsp3) is 0.679. The molecule has 3 rings (SSSR count). The normalized spacial score (nSPS) is 20.2. The molecule has 0 unspecified atom stereocenters. The molecule has 0 aliphatic carbocycles. The summed E-state index contributed by atoms with van der Waals surface area (Å²) in [4.78, 5) is 41.0. The van der Waals surface area contributed by atoms with Gasteiger partial charge in [0.1, 0.15) is 11.6 Å². The standard InChI is InChI=1S/C28H44BN3O7/c1-26(2,3)37-25(35)30-21(19-23(33)32-15-17-36-18-16-32)24(34)31-22(14-13-20-11-9-8-10-12-20)29-38-27(4,5)28(6,7)39-29/h8-12,21-22H,13-19H2,1-7H3,(H,30,35)(H,31,34)/t21-,22+/m1/s1. The summed E-state index contributed by atoms with van der Waals surface area (Å²) in [5, 5.41) is 5.64. The number of carbonyl (C=O) groups is 3. The van der Waals surface area contributed by atoms with E-state index in [1.165, 1.54) is 0 Å². The Hall–Kier alpha value is -2.63. The van der Waals surface area contributed by atoms with Crippen LogP contribution in [0.3, 0.4) is 0 Å². The van der Waals surface area contributed by atoms with Crippen LogP contribution in [0.25, 0.3) is 0 Å². The number of ether oxygens (including phenoxy) is 2. The summed E-state index contributed by atoms with van der Waals surface area (Å²) in [6.07, 6.45) is 0.226. The summed E-state index contributed by atoms with van der Waals surface area (Å²) in [5.74, 6) is -1.28. The molecule has 216 valence electrons. The van der Waals surface area contributed by atoms with Gasteiger partial charge in [0.25, 0.3) is 0 Å². The molecule has 2 heterocycles. The monoisotopic (exact) mass is 545 g/mol. The molecule has 0 saturated carbocycles. The van der Waals surface area contributed by atoms with Gasteiger partial charge in [0.2, 0.25) is 11.8 Å². The minimum atomic E-state index is -1.14. The smallest absolute Gasteiger partial charge is 0.444 e. The van der Waals surface area contributed by atoms with E-state index in [0.717, 1.165) is 5.56 Å². The van der Waals surface area contributed by atoms with Crippen LogP contribution in [-0.2, 0) is 34.8 Å². The molecule has 1 aromatic rings. The number of nitrogens with zero attached hydrogens (tertiary/aromatic N) is 1. The Labute approximate surface area is 232 Å². The molecule has 1 aromatic carbocycles. The molecule has 0 radical (unpaired) electrons. The van der Waals surface area contributed by atoms with Crippen LogP contribution in [0.1, 0.15) is 66.9 Å². The van der Waals surface area contributed by atoms with Crippen molar-refractivity contribution < 1.29 is 33.2 Å². The van der Waals surface area contributed by atoms with E-state index in [-0.39, 0.29) is 12.3 Å². The number of nitrogens with one attached hydrogen (secondary N) is 2. The van der Waals surface area contributed by atoms with Crippen molar-refractivity contribution in [3.8, 4) is 0 Å². The third-order valence-corrected chi connectivity index (χ3v) is 7.26. The van der Waals surface area contributed by atoms with Crippen molar-refractivity contribution >= 4 is 25.0 Å². The lowest BCUT2D eigenvalue weighted by atomic mass is 9.75. The first-order chi connectivity index (χ1) is 18.2. The van der Waals surface area contributed by atoms with Crippen LogP contribution in [0.5, 0.6) is 0 Å². The molecule has 0 bridgehead atoms. The molecule has 2 aliphatic rings.